The molecule has 0 bridgehead atoms. The molecule has 0 saturated carbocycles. The van der Waals surface area contributed by atoms with Crippen molar-refractivity contribution in [1.82, 2.24) is 34.4 Å². The van der Waals surface area contributed by atoms with E-state index in [1.165, 1.54) is 17.2 Å². The lowest BCUT2D eigenvalue weighted by molar-refractivity contribution is -0.125. The molecule has 0 spiro atoms. The van der Waals surface area contributed by atoms with E-state index in [4.69, 9.17) is 0 Å². The van der Waals surface area contributed by atoms with E-state index >= 15 is 0 Å². The molecule has 162 valence electrons. The summed E-state index contributed by atoms with van der Waals surface area (Å²) in [4.78, 5) is 44.1. The predicted octanol–water partition coefficient (Wildman–Crippen LogP) is 0.869. The van der Waals surface area contributed by atoms with Crippen molar-refractivity contribution in [2.75, 3.05) is 24.5 Å². The minimum absolute atomic E-state index is 0.00145. The van der Waals surface area contributed by atoms with Crippen molar-refractivity contribution < 1.29 is 4.79 Å². The largest absolute Gasteiger partial charge is 0.356 e. The Morgan fingerprint density at radius 2 is 2.03 bits per heavy atom. The van der Waals surface area contributed by atoms with Crippen molar-refractivity contribution in [3.63, 3.8) is 0 Å². The molecular weight excluding hydrogens is 396 g/mol. The number of hydrogen-bond acceptors (Lipinski definition) is 7. The van der Waals surface area contributed by atoms with Gasteiger partial charge in [-0.2, -0.15) is 0 Å². The monoisotopic (exact) mass is 422 g/mol. The van der Waals surface area contributed by atoms with Gasteiger partial charge in [0.05, 0.1) is 12.2 Å². The molecule has 1 aliphatic heterocycles. The molecule has 1 aliphatic rings. The SMILES string of the molecule is Cc1ncn(CCNC(=O)C2CCCN(c3cc(-n4ccnc4)ncn3)C2)c(=O)c1C. The van der Waals surface area contributed by atoms with Gasteiger partial charge >= 0.3 is 0 Å². The summed E-state index contributed by atoms with van der Waals surface area (Å²) in [5.41, 5.74) is 1.30. The average molecular weight is 422 g/mol. The van der Waals surface area contributed by atoms with E-state index in [2.05, 4.69) is 30.2 Å². The van der Waals surface area contributed by atoms with E-state index in [9.17, 15) is 9.59 Å². The number of carbonyl (C=O) groups is 1. The van der Waals surface area contributed by atoms with Gasteiger partial charge in [0.15, 0.2) is 0 Å². The molecule has 31 heavy (non-hydrogen) atoms. The zero-order valence-electron chi connectivity index (χ0n) is 17.7. The summed E-state index contributed by atoms with van der Waals surface area (Å²) in [5.74, 6) is 1.40. The van der Waals surface area contributed by atoms with E-state index < -0.39 is 0 Å². The minimum atomic E-state index is -0.130. The molecular formula is C21H26N8O2. The topological polar surface area (TPSA) is 111 Å². The van der Waals surface area contributed by atoms with Gasteiger partial charge < -0.3 is 10.2 Å². The molecule has 10 nitrogen and oxygen atoms in total. The lowest BCUT2D eigenvalue weighted by Crippen LogP contribution is -2.44. The van der Waals surface area contributed by atoms with Crippen LogP contribution in [0, 0.1) is 19.8 Å². The Balaban J connectivity index is 1.35. The summed E-state index contributed by atoms with van der Waals surface area (Å²) in [7, 11) is 0. The maximum Gasteiger partial charge on any atom is 0.256 e. The van der Waals surface area contributed by atoms with Crippen LogP contribution in [0.2, 0.25) is 0 Å². The third-order valence-corrected chi connectivity index (χ3v) is 5.69. The number of rotatable bonds is 6. The van der Waals surface area contributed by atoms with E-state index in [1.807, 2.05) is 23.8 Å². The van der Waals surface area contributed by atoms with Crippen molar-refractivity contribution in [2.45, 2.75) is 33.2 Å². The highest BCUT2D eigenvalue weighted by molar-refractivity contribution is 5.79. The van der Waals surface area contributed by atoms with E-state index in [0.29, 0.717) is 25.2 Å². The molecule has 0 radical (unpaired) electrons. The highest BCUT2D eigenvalue weighted by atomic mass is 16.2. The van der Waals surface area contributed by atoms with Crippen LogP contribution in [0.3, 0.4) is 0 Å². The number of nitrogens with one attached hydrogen (secondary N) is 1. The van der Waals surface area contributed by atoms with Crippen LogP contribution in [0.5, 0.6) is 0 Å². The van der Waals surface area contributed by atoms with Crippen LogP contribution in [0.1, 0.15) is 24.1 Å². The molecule has 1 amide bonds. The van der Waals surface area contributed by atoms with Gasteiger partial charge in [0, 0.05) is 55.9 Å². The number of aryl methyl sites for hydroxylation is 1. The van der Waals surface area contributed by atoms with Crippen LogP contribution in [-0.2, 0) is 11.3 Å². The van der Waals surface area contributed by atoms with Gasteiger partial charge in [0.1, 0.15) is 24.3 Å². The quantitative estimate of drug-likeness (QED) is 0.627. The smallest absolute Gasteiger partial charge is 0.256 e. The van der Waals surface area contributed by atoms with E-state index in [0.717, 1.165) is 36.7 Å². The number of hydrogen-bond donors (Lipinski definition) is 1. The molecule has 1 atom stereocenters. The van der Waals surface area contributed by atoms with Gasteiger partial charge in [0.2, 0.25) is 5.91 Å². The minimum Gasteiger partial charge on any atom is -0.356 e. The van der Waals surface area contributed by atoms with Gasteiger partial charge in [-0.3, -0.25) is 18.7 Å². The first kappa shape index (κ1) is 20.7. The molecule has 10 heteroatoms. The Bertz CT molecular complexity index is 1110. The number of carbonyl (C=O) groups excluding carboxylic acids is 1. The molecule has 1 saturated heterocycles. The molecule has 0 aliphatic carbocycles. The highest BCUT2D eigenvalue weighted by Gasteiger charge is 2.26. The van der Waals surface area contributed by atoms with Gasteiger partial charge in [-0.15, -0.1) is 0 Å². The van der Waals surface area contributed by atoms with Crippen molar-refractivity contribution in [3.8, 4) is 5.82 Å². The van der Waals surface area contributed by atoms with Gasteiger partial charge in [-0.05, 0) is 26.7 Å². The summed E-state index contributed by atoms with van der Waals surface area (Å²) < 4.78 is 3.36. The standard InChI is InChI=1S/C21H26N8O2/c1-15-16(2)26-14-29(21(15)31)9-6-23-20(30)17-4-3-7-27(11-17)18-10-19(25-12-24-18)28-8-5-22-13-28/h5,8,10,12-14,17H,3-4,6-7,9,11H2,1-2H3,(H,23,30). The first-order valence-electron chi connectivity index (χ1n) is 10.4. The molecule has 3 aromatic rings. The molecule has 4 heterocycles. The highest BCUT2D eigenvalue weighted by Crippen LogP contribution is 2.22. The Morgan fingerprint density at radius 1 is 1.19 bits per heavy atom. The Hall–Kier alpha value is -3.56. The van der Waals surface area contributed by atoms with E-state index in [-0.39, 0.29) is 17.4 Å². The number of amides is 1. The fourth-order valence-electron chi connectivity index (χ4n) is 3.72. The Kier molecular flexibility index (Phi) is 6.06. The van der Waals surface area contributed by atoms with Crippen LogP contribution < -0.4 is 15.8 Å². The number of nitrogens with zero attached hydrogens (tertiary/aromatic N) is 7. The molecule has 1 N–H and O–H groups in total. The lowest BCUT2D eigenvalue weighted by atomic mass is 9.97. The summed E-state index contributed by atoms with van der Waals surface area (Å²) in [6.45, 7) is 5.80. The average Bonchev–Trinajstić information content (AvgIpc) is 3.34. The number of anilines is 1. The first-order chi connectivity index (χ1) is 15.0. The molecule has 0 aromatic carbocycles. The third-order valence-electron chi connectivity index (χ3n) is 5.69. The van der Waals surface area contributed by atoms with Crippen LogP contribution in [-0.4, -0.2) is 54.6 Å². The van der Waals surface area contributed by atoms with Crippen LogP contribution in [0.25, 0.3) is 5.82 Å². The van der Waals surface area contributed by atoms with Crippen LogP contribution in [0.15, 0.2) is 42.2 Å². The van der Waals surface area contributed by atoms with E-state index in [1.54, 1.807) is 19.4 Å². The second kappa shape index (κ2) is 9.07. The molecule has 3 aromatic heterocycles. The molecule has 1 unspecified atom stereocenters. The second-order valence-corrected chi connectivity index (χ2v) is 7.73. The van der Waals surface area contributed by atoms with Crippen molar-refractivity contribution in [1.29, 1.82) is 0 Å². The van der Waals surface area contributed by atoms with Gasteiger partial charge in [0.25, 0.3) is 5.56 Å². The second-order valence-electron chi connectivity index (χ2n) is 7.73. The third kappa shape index (κ3) is 4.62. The van der Waals surface area contributed by atoms with Crippen molar-refractivity contribution >= 4 is 11.7 Å². The summed E-state index contributed by atoms with van der Waals surface area (Å²) >= 11 is 0. The normalized spacial score (nSPS) is 16.3. The van der Waals surface area contributed by atoms with Crippen molar-refractivity contribution in [2.24, 2.45) is 5.92 Å². The van der Waals surface area contributed by atoms with Gasteiger partial charge in [-0.25, -0.2) is 19.9 Å². The zero-order valence-corrected chi connectivity index (χ0v) is 17.7. The molecule has 4 rings (SSSR count). The number of imidazole rings is 1. The first-order valence-corrected chi connectivity index (χ1v) is 10.4. The molecule has 1 fully saturated rings. The summed E-state index contributed by atoms with van der Waals surface area (Å²) in [6, 6.07) is 1.90. The maximum absolute atomic E-state index is 12.7. The predicted molar refractivity (Wildman–Crippen MR) is 115 cm³/mol. The van der Waals surface area contributed by atoms with Crippen LogP contribution >= 0.6 is 0 Å². The maximum atomic E-state index is 12.7. The number of piperidine rings is 1. The van der Waals surface area contributed by atoms with Crippen LogP contribution in [0.4, 0.5) is 5.82 Å². The number of aromatic nitrogens is 6. The zero-order chi connectivity index (χ0) is 21.8. The van der Waals surface area contributed by atoms with Gasteiger partial charge in [-0.1, -0.05) is 0 Å². The fraction of sp³-hybridized carbons (Fsp3) is 0.429. The Labute approximate surface area is 180 Å². The van der Waals surface area contributed by atoms with Crippen molar-refractivity contribution in [3.05, 3.63) is 59.1 Å². The summed E-state index contributed by atoms with van der Waals surface area (Å²) in [6.07, 6.45) is 10.0. The lowest BCUT2D eigenvalue weighted by Gasteiger charge is -2.33. The summed E-state index contributed by atoms with van der Waals surface area (Å²) in [5, 5.41) is 2.97. The Morgan fingerprint density at radius 3 is 2.84 bits per heavy atom. The fourth-order valence-corrected chi connectivity index (χ4v) is 3.72.